The molecule has 1 rings (SSSR count). The minimum Gasteiger partial charge on any atom is -0.347 e. The number of rotatable bonds is 5. The van der Waals surface area contributed by atoms with Crippen LogP contribution in [0.5, 0.6) is 0 Å². The van der Waals surface area contributed by atoms with E-state index in [2.05, 4.69) is 5.32 Å². The molecule has 1 aliphatic rings. The summed E-state index contributed by atoms with van der Waals surface area (Å²) in [6.45, 7) is 3.77. The van der Waals surface area contributed by atoms with Crippen LogP contribution in [0.3, 0.4) is 0 Å². The van der Waals surface area contributed by atoms with E-state index in [0.29, 0.717) is 6.54 Å². The lowest BCUT2D eigenvalue weighted by Crippen LogP contribution is -2.51. The first-order chi connectivity index (χ1) is 8.56. The van der Waals surface area contributed by atoms with Crippen molar-refractivity contribution in [1.82, 2.24) is 15.1 Å². The van der Waals surface area contributed by atoms with Crippen LogP contribution in [0.1, 0.15) is 32.6 Å². The van der Waals surface area contributed by atoms with Crippen LogP contribution in [0, 0.1) is 0 Å². The smallest absolute Gasteiger partial charge is 0.241 e. The topological polar surface area (TPSA) is 52.7 Å². The molecular formula is C13H25N3O2. The van der Waals surface area contributed by atoms with Crippen LogP contribution in [0.2, 0.25) is 0 Å². The first kappa shape index (κ1) is 15.0. The van der Waals surface area contributed by atoms with Crippen LogP contribution in [-0.2, 0) is 9.59 Å². The average molecular weight is 255 g/mol. The van der Waals surface area contributed by atoms with Gasteiger partial charge in [0.2, 0.25) is 11.8 Å². The lowest BCUT2D eigenvalue weighted by Gasteiger charge is -2.30. The second kappa shape index (κ2) is 7.36. The Morgan fingerprint density at radius 2 is 2.00 bits per heavy atom. The predicted octanol–water partition coefficient (Wildman–Crippen LogP) is 0.455. The summed E-state index contributed by atoms with van der Waals surface area (Å²) >= 11 is 0. The summed E-state index contributed by atoms with van der Waals surface area (Å²) in [5.41, 5.74) is 0. The van der Waals surface area contributed by atoms with Gasteiger partial charge >= 0.3 is 0 Å². The SMILES string of the molecule is CCCN(CC(=O)N(C)C)C(=O)[C@@H]1CCCCN1. The summed E-state index contributed by atoms with van der Waals surface area (Å²) in [6.07, 6.45) is 3.98. The monoisotopic (exact) mass is 255 g/mol. The third-order valence-electron chi connectivity index (χ3n) is 3.24. The van der Waals surface area contributed by atoms with Crippen molar-refractivity contribution in [3.8, 4) is 0 Å². The number of hydrogen-bond donors (Lipinski definition) is 1. The molecule has 0 aromatic heterocycles. The van der Waals surface area contributed by atoms with E-state index < -0.39 is 0 Å². The number of carbonyl (C=O) groups is 2. The van der Waals surface area contributed by atoms with Gasteiger partial charge < -0.3 is 15.1 Å². The molecule has 0 bridgehead atoms. The van der Waals surface area contributed by atoms with Gasteiger partial charge in [-0.1, -0.05) is 13.3 Å². The molecule has 0 unspecified atom stereocenters. The van der Waals surface area contributed by atoms with Gasteiger partial charge in [0.1, 0.15) is 0 Å². The molecule has 2 amide bonds. The summed E-state index contributed by atoms with van der Waals surface area (Å²) in [7, 11) is 3.44. The number of nitrogens with zero attached hydrogens (tertiary/aromatic N) is 2. The van der Waals surface area contributed by atoms with Crippen molar-refractivity contribution in [3.63, 3.8) is 0 Å². The second-order valence-electron chi connectivity index (χ2n) is 5.05. The summed E-state index contributed by atoms with van der Waals surface area (Å²) in [6, 6.07) is -0.0970. The number of amides is 2. The zero-order chi connectivity index (χ0) is 13.5. The van der Waals surface area contributed by atoms with E-state index in [1.165, 1.54) is 4.90 Å². The van der Waals surface area contributed by atoms with Gasteiger partial charge in [-0.15, -0.1) is 0 Å². The lowest BCUT2D eigenvalue weighted by molar-refractivity contribution is -0.140. The van der Waals surface area contributed by atoms with Gasteiger partial charge in [-0.25, -0.2) is 0 Å². The van der Waals surface area contributed by atoms with E-state index in [9.17, 15) is 9.59 Å². The fourth-order valence-corrected chi connectivity index (χ4v) is 2.12. The van der Waals surface area contributed by atoms with Gasteiger partial charge in [0, 0.05) is 20.6 Å². The molecule has 0 aromatic carbocycles. The van der Waals surface area contributed by atoms with E-state index in [1.54, 1.807) is 19.0 Å². The van der Waals surface area contributed by atoms with Crippen molar-refractivity contribution in [2.75, 3.05) is 33.7 Å². The molecule has 5 heteroatoms. The molecule has 0 spiro atoms. The molecule has 0 radical (unpaired) electrons. The molecule has 0 aromatic rings. The molecule has 5 nitrogen and oxygen atoms in total. The molecule has 0 aliphatic carbocycles. The van der Waals surface area contributed by atoms with Crippen LogP contribution < -0.4 is 5.32 Å². The van der Waals surface area contributed by atoms with Crippen LogP contribution in [-0.4, -0.2) is 61.4 Å². The summed E-state index contributed by atoms with van der Waals surface area (Å²) in [5, 5.41) is 3.24. The van der Waals surface area contributed by atoms with E-state index in [4.69, 9.17) is 0 Å². The first-order valence-corrected chi connectivity index (χ1v) is 6.78. The molecule has 104 valence electrons. The van der Waals surface area contributed by atoms with Gasteiger partial charge in [0.15, 0.2) is 0 Å². The Bertz CT molecular complexity index is 286. The second-order valence-corrected chi connectivity index (χ2v) is 5.05. The number of likely N-dealkylation sites (N-methyl/N-ethyl adjacent to an activating group) is 1. The van der Waals surface area contributed by atoms with Crippen molar-refractivity contribution in [2.24, 2.45) is 0 Å². The third kappa shape index (κ3) is 4.29. The fourth-order valence-electron chi connectivity index (χ4n) is 2.12. The Balaban J connectivity index is 2.58. The highest BCUT2D eigenvalue weighted by molar-refractivity contribution is 5.87. The summed E-state index contributed by atoms with van der Waals surface area (Å²) in [4.78, 5) is 27.3. The van der Waals surface area contributed by atoms with Crippen LogP contribution in [0.4, 0.5) is 0 Å². The van der Waals surface area contributed by atoms with E-state index in [-0.39, 0.29) is 24.4 Å². The van der Waals surface area contributed by atoms with Gasteiger partial charge in [-0.3, -0.25) is 9.59 Å². The Hall–Kier alpha value is -1.10. The standard InChI is InChI=1S/C13H25N3O2/c1-4-9-16(10-12(17)15(2)3)13(18)11-7-5-6-8-14-11/h11,14H,4-10H2,1-3H3/t11-/m0/s1. The number of carbonyl (C=O) groups excluding carboxylic acids is 2. The Kier molecular flexibility index (Phi) is 6.12. The third-order valence-corrected chi connectivity index (χ3v) is 3.24. The molecule has 1 fully saturated rings. The maximum absolute atomic E-state index is 12.3. The van der Waals surface area contributed by atoms with Crippen molar-refractivity contribution < 1.29 is 9.59 Å². The predicted molar refractivity (Wildman–Crippen MR) is 71.2 cm³/mol. The van der Waals surface area contributed by atoms with Crippen molar-refractivity contribution in [1.29, 1.82) is 0 Å². The summed E-state index contributed by atoms with van der Waals surface area (Å²) in [5.74, 6) is 0.0550. The molecule has 1 aliphatic heterocycles. The number of hydrogen-bond acceptors (Lipinski definition) is 3. The van der Waals surface area contributed by atoms with Crippen molar-refractivity contribution >= 4 is 11.8 Å². The fraction of sp³-hybridized carbons (Fsp3) is 0.846. The molecule has 1 saturated heterocycles. The van der Waals surface area contributed by atoms with Crippen LogP contribution in [0.15, 0.2) is 0 Å². The van der Waals surface area contributed by atoms with Crippen LogP contribution >= 0.6 is 0 Å². The highest BCUT2D eigenvalue weighted by Gasteiger charge is 2.26. The molecule has 1 atom stereocenters. The molecule has 0 saturated carbocycles. The normalized spacial score (nSPS) is 19.4. The van der Waals surface area contributed by atoms with Crippen molar-refractivity contribution in [3.05, 3.63) is 0 Å². The van der Waals surface area contributed by atoms with Gasteiger partial charge in [0.05, 0.1) is 12.6 Å². The quantitative estimate of drug-likeness (QED) is 0.776. The van der Waals surface area contributed by atoms with E-state index in [1.807, 2.05) is 6.92 Å². The lowest BCUT2D eigenvalue weighted by atomic mass is 10.0. The zero-order valence-electron chi connectivity index (χ0n) is 11.7. The zero-order valence-corrected chi connectivity index (χ0v) is 11.7. The maximum Gasteiger partial charge on any atom is 0.241 e. The molecule has 18 heavy (non-hydrogen) atoms. The Morgan fingerprint density at radius 3 is 2.50 bits per heavy atom. The highest BCUT2D eigenvalue weighted by atomic mass is 16.2. The largest absolute Gasteiger partial charge is 0.347 e. The number of nitrogens with one attached hydrogen (secondary N) is 1. The molecule has 1 heterocycles. The Labute approximate surface area is 110 Å². The van der Waals surface area contributed by atoms with E-state index in [0.717, 1.165) is 32.2 Å². The van der Waals surface area contributed by atoms with Gasteiger partial charge in [-0.2, -0.15) is 0 Å². The number of piperidine rings is 1. The van der Waals surface area contributed by atoms with Gasteiger partial charge in [-0.05, 0) is 25.8 Å². The molecule has 1 N–H and O–H groups in total. The minimum absolute atomic E-state index is 0.0207. The van der Waals surface area contributed by atoms with Gasteiger partial charge in [0.25, 0.3) is 0 Å². The first-order valence-electron chi connectivity index (χ1n) is 6.78. The minimum atomic E-state index is -0.0970. The maximum atomic E-state index is 12.3. The Morgan fingerprint density at radius 1 is 1.28 bits per heavy atom. The highest BCUT2D eigenvalue weighted by Crippen LogP contribution is 2.10. The van der Waals surface area contributed by atoms with E-state index >= 15 is 0 Å². The average Bonchev–Trinajstić information content (AvgIpc) is 2.38. The molecular weight excluding hydrogens is 230 g/mol. The van der Waals surface area contributed by atoms with Crippen LogP contribution in [0.25, 0.3) is 0 Å². The summed E-state index contributed by atoms with van der Waals surface area (Å²) < 4.78 is 0. The van der Waals surface area contributed by atoms with Crippen molar-refractivity contribution in [2.45, 2.75) is 38.6 Å².